The number of alkyl halides is 3. The smallest absolute Gasteiger partial charge is 0.335 e. The Kier molecular flexibility index (Phi) is 4.81. The molecule has 0 atom stereocenters. The van der Waals surface area contributed by atoms with E-state index in [9.17, 15) is 18.0 Å². The van der Waals surface area contributed by atoms with Crippen molar-refractivity contribution in [1.29, 1.82) is 0 Å². The van der Waals surface area contributed by atoms with Gasteiger partial charge in [0.25, 0.3) is 5.82 Å². The molecule has 0 saturated carbocycles. The van der Waals surface area contributed by atoms with E-state index in [1.807, 2.05) is 0 Å². The molecule has 11 heteroatoms. The number of halogens is 4. The van der Waals surface area contributed by atoms with Crippen molar-refractivity contribution in [3.63, 3.8) is 0 Å². The van der Waals surface area contributed by atoms with Crippen LogP contribution in [0.4, 0.5) is 18.9 Å². The van der Waals surface area contributed by atoms with Gasteiger partial charge in [-0.15, -0.1) is 10.2 Å². The minimum atomic E-state index is -4.70. The quantitative estimate of drug-likeness (QED) is 0.652. The summed E-state index contributed by atoms with van der Waals surface area (Å²) in [5.74, 6) is 3.33. The lowest BCUT2D eigenvalue weighted by Crippen LogP contribution is -2.22. The Hall–Kier alpha value is -1.94. The van der Waals surface area contributed by atoms with Gasteiger partial charge in [0.05, 0.1) is 5.75 Å². The molecule has 0 spiro atoms. The summed E-state index contributed by atoms with van der Waals surface area (Å²) in [7, 11) is 0. The van der Waals surface area contributed by atoms with Crippen molar-refractivity contribution in [3.8, 4) is 0 Å². The lowest BCUT2D eigenvalue weighted by atomic mass is 10.3. The number of amides is 1. The molecule has 1 heterocycles. The molecule has 0 fully saturated rings. The normalized spacial score (nSPS) is 11.5. The molecule has 0 bridgehead atoms. The molecule has 0 radical (unpaired) electrons. The monoisotopic (exact) mass is 351 g/mol. The van der Waals surface area contributed by atoms with E-state index >= 15 is 0 Å². The summed E-state index contributed by atoms with van der Waals surface area (Å²) in [6, 6.07) is 6.38. The van der Waals surface area contributed by atoms with E-state index in [-0.39, 0.29) is 10.9 Å². The van der Waals surface area contributed by atoms with Crippen LogP contribution in [-0.4, -0.2) is 26.5 Å². The molecule has 2 aromatic rings. The van der Waals surface area contributed by atoms with Gasteiger partial charge < -0.3 is 11.2 Å². The zero-order valence-corrected chi connectivity index (χ0v) is 12.3. The molecular weight excluding hydrogens is 343 g/mol. The van der Waals surface area contributed by atoms with Crippen LogP contribution in [0.1, 0.15) is 5.82 Å². The standard InChI is InChI=1S/C11H9ClF3N5OS/c12-6-1-3-7(4-2-6)17-8(21)5-22-10-19-18-9(20(10)16)11(13,14)15/h1-4H,5,16H2,(H,17,21). The van der Waals surface area contributed by atoms with E-state index in [0.717, 1.165) is 11.8 Å². The molecule has 0 aliphatic carbocycles. The molecule has 0 aliphatic rings. The maximum Gasteiger partial charge on any atom is 0.453 e. The van der Waals surface area contributed by atoms with Crippen molar-refractivity contribution in [1.82, 2.24) is 14.9 Å². The number of thioether (sulfide) groups is 1. The van der Waals surface area contributed by atoms with Crippen LogP contribution in [0.2, 0.25) is 5.02 Å². The molecule has 0 unspecified atom stereocenters. The maximum atomic E-state index is 12.5. The first-order valence-electron chi connectivity index (χ1n) is 5.73. The van der Waals surface area contributed by atoms with E-state index in [1.54, 1.807) is 24.3 Å². The highest BCUT2D eigenvalue weighted by Gasteiger charge is 2.38. The molecule has 2 rings (SSSR count). The van der Waals surface area contributed by atoms with Gasteiger partial charge in [0, 0.05) is 10.7 Å². The van der Waals surface area contributed by atoms with E-state index < -0.39 is 17.9 Å². The minimum absolute atomic E-state index is 0.171. The first-order chi connectivity index (χ1) is 10.3. The predicted octanol–water partition coefficient (Wildman–Crippen LogP) is 2.39. The number of hydrogen-bond donors (Lipinski definition) is 2. The van der Waals surface area contributed by atoms with Gasteiger partial charge >= 0.3 is 6.18 Å². The highest BCUT2D eigenvalue weighted by Crippen LogP contribution is 2.28. The number of nitrogens with one attached hydrogen (secondary N) is 1. The van der Waals surface area contributed by atoms with Crippen LogP contribution in [0.15, 0.2) is 29.4 Å². The number of hydrogen-bond acceptors (Lipinski definition) is 5. The molecule has 6 nitrogen and oxygen atoms in total. The van der Waals surface area contributed by atoms with Crippen LogP contribution in [0.5, 0.6) is 0 Å². The lowest BCUT2D eigenvalue weighted by molar-refractivity contribution is -0.146. The molecule has 3 N–H and O–H groups in total. The van der Waals surface area contributed by atoms with Gasteiger partial charge in [-0.05, 0) is 24.3 Å². The van der Waals surface area contributed by atoms with Crippen LogP contribution >= 0.6 is 23.4 Å². The van der Waals surface area contributed by atoms with Gasteiger partial charge in [0.15, 0.2) is 0 Å². The minimum Gasteiger partial charge on any atom is -0.335 e. The Morgan fingerprint density at radius 1 is 1.32 bits per heavy atom. The van der Waals surface area contributed by atoms with Gasteiger partial charge in [-0.2, -0.15) is 13.2 Å². The first kappa shape index (κ1) is 16.4. The number of carbonyl (C=O) groups excluding carboxylic acids is 1. The van der Waals surface area contributed by atoms with Gasteiger partial charge in [-0.25, -0.2) is 4.68 Å². The number of nitrogens with zero attached hydrogens (tertiary/aromatic N) is 3. The summed E-state index contributed by atoms with van der Waals surface area (Å²) in [6.45, 7) is 0. The van der Waals surface area contributed by atoms with Gasteiger partial charge in [0.1, 0.15) is 0 Å². The van der Waals surface area contributed by atoms with Crippen LogP contribution in [0.25, 0.3) is 0 Å². The van der Waals surface area contributed by atoms with E-state index in [1.165, 1.54) is 0 Å². The third-order valence-electron chi connectivity index (χ3n) is 2.38. The van der Waals surface area contributed by atoms with Crippen molar-refractivity contribution in [2.45, 2.75) is 11.3 Å². The number of nitrogens with two attached hydrogens (primary N) is 1. The number of rotatable bonds is 4. The van der Waals surface area contributed by atoms with Crippen molar-refractivity contribution in [2.24, 2.45) is 0 Å². The average molecular weight is 352 g/mol. The molecule has 1 amide bonds. The molecule has 22 heavy (non-hydrogen) atoms. The number of benzene rings is 1. The van der Waals surface area contributed by atoms with Crippen molar-refractivity contribution < 1.29 is 18.0 Å². The van der Waals surface area contributed by atoms with E-state index in [4.69, 9.17) is 17.4 Å². The fraction of sp³-hybridized carbons (Fsp3) is 0.182. The highest BCUT2D eigenvalue weighted by atomic mass is 35.5. The van der Waals surface area contributed by atoms with Crippen molar-refractivity contribution >= 4 is 35.0 Å². The number of anilines is 1. The lowest BCUT2D eigenvalue weighted by Gasteiger charge is -2.06. The summed E-state index contributed by atoms with van der Waals surface area (Å²) < 4.78 is 37.7. The summed E-state index contributed by atoms with van der Waals surface area (Å²) in [5.41, 5.74) is 0.514. The van der Waals surface area contributed by atoms with Gasteiger partial charge in [0.2, 0.25) is 11.1 Å². The first-order valence-corrected chi connectivity index (χ1v) is 7.09. The largest absolute Gasteiger partial charge is 0.453 e. The van der Waals surface area contributed by atoms with Gasteiger partial charge in [-0.1, -0.05) is 23.4 Å². The third kappa shape index (κ3) is 4.04. The van der Waals surface area contributed by atoms with Crippen LogP contribution in [0, 0.1) is 0 Å². The highest BCUT2D eigenvalue weighted by molar-refractivity contribution is 7.99. The molecule has 1 aromatic heterocycles. The zero-order chi connectivity index (χ0) is 16.3. The third-order valence-corrected chi connectivity index (χ3v) is 3.57. The summed E-state index contributed by atoms with van der Waals surface area (Å²) >= 11 is 6.45. The second-order valence-electron chi connectivity index (χ2n) is 4.02. The van der Waals surface area contributed by atoms with Gasteiger partial charge in [-0.3, -0.25) is 4.79 Å². The number of aromatic nitrogens is 3. The molecule has 0 aliphatic heterocycles. The SMILES string of the molecule is Nn1c(SCC(=O)Nc2ccc(Cl)cc2)nnc1C(F)(F)F. The average Bonchev–Trinajstić information content (AvgIpc) is 2.80. The predicted molar refractivity (Wildman–Crippen MR) is 76.0 cm³/mol. The Bertz CT molecular complexity index is 673. The topological polar surface area (TPSA) is 85.8 Å². The Morgan fingerprint density at radius 2 is 1.95 bits per heavy atom. The van der Waals surface area contributed by atoms with E-state index in [2.05, 4.69) is 15.5 Å². The number of carbonyl (C=O) groups is 1. The summed E-state index contributed by atoms with van der Waals surface area (Å²) in [5, 5.41) is 9.12. The maximum absolute atomic E-state index is 12.5. The van der Waals surface area contributed by atoms with Crippen molar-refractivity contribution in [3.05, 3.63) is 35.1 Å². The van der Waals surface area contributed by atoms with Crippen molar-refractivity contribution in [2.75, 3.05) is 16.9 Å². The Balaban J connectivity index is 1.94. The van der Waals surface area contributed by atoms with Crippen LogP contribution in [-0.2, 0) is 11.0 Å². The van der Waals surface area contributed by atoms with Crippen LogP contribution < -0.4 is 11.2 Å². The molecule has 1 aromatic carbocycles. The Labute approximate surface area is 131 Å². The molecular formula is C11H9ClF3N5OS. The fourth-order valence-corrected chi connectivity index (χ4v) is 2.21. The fourth-order valence-electron chi connectivity index (χ4n) is 1.43. The number of nitrogen functional groups attached to an aromatic ring is 1. The Morgan fingerprint density at radius 3 is 2.50 bits per heavy atom. The zero-order valence-electron chi connectivity index (χ0n) is 10.8. The molecule has 0 saturated heterocycles. The second kappa shape index (κ2) is 6.44. The van der Waals surface area contributed by atoms with E-state index in [0.29, 0.717) is 15.4 Å². The molecule has 118 valence electrons. The summed E-state index contributed by atoms with van der Waals surface area (Å²) in [4.78, 5) is 11.7. The second-order valence-corrected chi connectivity index (χ2v) is 5.40. The summed E-state index contributed by atoms with van der Waals surface area (Å²) in [6.07, 6.45) is -4.70. The van der Waals surface area contributed by atoms with Crippen LogP contribution in [0.3, 0.4) is 0 Å².